The molecular formula is C15H22ClN3O. The third-order valence-electron chi connectivity index (χ3n) is 3.72. The van der Waals surface area contributed by atoms with Gasteiger partial charge in [-0.2, -0.15) is 0 Å². The van der Waals surface area contributed by atoms with Crippen LogP contribution in [-0.4, -0.2) is 50.6 Å². The number of nitrogens with zero attached hydrogens (tertiary/aromatic N) is 2. The molecule has 4 nitrogen and oxygen atoms in total. The molecule has 1 aromatic rings. The van der Waals surface area contributed by atoms with E-state index in [9.17, 15) is 4.79 Å². The van der Waals surface area contributed by atoms with E-state index in [2.05, 4.69) is 10.2 Å². The Kier molecular flexibility index (Phi) is 5.26. The molecule has 20 heavy (non-hydrogen) atoms. The minimum absolute atomic E-state index is 0.0341. The van der Waals surface area contributed by atoms with Crippen LogP contribution in [0.25, 0.3) is 0 Å². The van der Waals surface area contributed by atoms with Crippen molar-refractivity contribution in [3.63, 3.8) is 0 Å². The Bertz CT molecular complexity index is 458. The third-order valence-corrected chi connectivity index (χ3v) is 4.04. The highest BCUT2D eigenvalue weighted by Gasteiger charge is 2.25. The molecule has 1 unspecified atom stereocenters. The van der Waals surface area contributed by atoms with Gasteiger partial charge in [0.2, 0.25) is 5.91 Å². The predicted molar refractivity (Wildman–Crippen MR) is 83.3 cm³/mol. The van der Waals surface area contributed by atoms with Crippen molar-refractivity contribution >= 4 is 23.2 Å². The smallest absolute Gasteiger partial charge is 0.226 e. The molecule has 1 aromatic carbocycles. The number of hydrogen-bond donors (Lipinski definition) is 1. The fourth-order valence-electron chi connectivity index (χ4n) is 2.58. The largest absolute Gasteiger partial charge is 0.367 e. The minimum Gasteiger partial charge on any atom is -0.367 e. The van der Waals surface area contributed by atoms with E-state index < -0.39 is 0 Å². The molecule has 0 radical (unpaired) electrons. The number of nitrogens with one attached hydrogen (secondary N) is 1. The molecule has 110 valence electrons. The number of carbonyl (C=O) groups is 1. The topological polar surface area (TPSA) is 35.6 Å². The average Bonchev–Trinajstić information content (AvgIpc) is 2.47. The quantitative estimate of drug-likeness (QED) is 0.921. The second-order valence-electron chi connectivity index (χ2n) is 5.22. The van der Waals surface area contributed by atoms with Crippen LogP contribution in [0, 0.1) is 5.92 Å². The van der Waals surface area contributed by atoms with Gasteiger partial charge in [0, 0.05) is 38.6 Å². The lowest BCUT2D eigenvalue weighted by Crippen LogP contribution is -2.51. The lowest BCUT2D eigenvalue weighted by molar-refractivity contribution is -0.135. The van der Waals surface area contributed by atoms with Crippen LogP contribution in [0.2, 0.25) is 5.02 Å². The van der Waals surface area contributed by atoms with Crippen LogP contribution in [0.4, 0.5) is 5.69 Å². The first-order valence-corrected chi connectivity index (χ1v) is 7.44. The van der Waals surface area contributed by atoms with E-state index >= 15 is 0 Å². The van der Waals surface area contributed by atoms with Gasteiger partial charge >= 0.3 is 0 Å². The second kappa shape index (κ2) is 6.95. The molecule has 0 spiro atoms. The molecule has 0 aromatic heterocycles. The second-order valence-corrected chi connectivity index (χ2v) is 5.63. The Morgan fingerprint density at radius 3 is 2.55 bits per heavy atom. The van der Waals surface area contributed by atoms with E-state index in [1.807, 2.05) is 43.1 Å². The lowest BCUT2D eigenvalue weighted by Gasteiger charge is -2.37. The normalized spacial score (nSPS) is 17.1. The van der Waals surface area contributed by atoms with Crippen molar-refractivity contribution in [3.8, 4) is 0 Å². The van der Waals surface area contributed by atoms with E-state index in [1.54, 1.807) is 0 Å². The van der Waals surface area contributed by atoms with Gasteiger partial charge in [-0.15, -0.1) is 0 Å². The van der Waals surface area contributed by atoms with Crippen molar-refractivity contribution in [2.45, 2.75) is 6.92 Å². The van der Waals surface area contributed by atoms with Crippen LogP contribution >= 0.6 is 11.6 Å². The molecule has 2 rings (SSSR count). The Labute approximate surface area is 125 Å². The molecule has 5 heteroatoms. The number of rotatable bonds is 4. The first-order chi connectivity index (χ1) is 9.63. The van der Waals surface area contributed by atoms with Crippen molar-refractivity contribution in [2.24, 2.45) is 5.92 Å². The first-order valence-electron chi connectivity index (χ1n) is 7.06. The number of benzene rings is 1. The zero-order valence-electron chi connectivity index (χ0n) is 12.1. The number of halogens is 1. The molecule has 1 aliphatic heterocycles. The first kappa shape index (κ1) is 15.1. The van der Waals surface area contributed by atoms with Gasteiger partial charge in [-0.1, -0.05) is 30.7 Å². The predicted octanol–water partition coefficient (Wildman–Crippen LogP) is 1.84. The third kappa shape index (κ3) is 3.44. The maximum Gasteiger partial charge on any atom is 0.226 e. The standard InChI is InChI=1S/C15H22ClN3O/c1-12(11-17-2)15(20)19-9-7-18(8-10-19)14-6-4-3-5-13(14)16/h3-6,12,17H,7-11H2,1-2H3. The van der Waals surface area contributed by atoms with Gasteiger partial charge in [-0.3, -0.25) is 4.79 Å². The van der Waals surface area contributed by atoms with Gasteiger partial charge in [0.05, 0.1) is 10.7 Å². The summed E-state index contributed by atoms with van der Waals surface area (Å²) in [6, 6.07) is 7.87. The van der Waals surface area contributed by atoms with Crippen LogP contribution in [-0.2, 0) is 4.79 Å². The molecule has 1 heterocycles. The zero-order valence-corrected chi connectivity index (χ0v) is 12.9. The van der Waals surface area contributed by atoms with E-state index in [4.69, 9.17) is 11.6 Å². The van der Waals surface area contributed by atoms with E-state index in [0.717, 1.165) is 43.4 Å². The van der Waals surface area contributed by atoms with Crippen LogP contribution in [0.1, 0.15) is 6.92 Å². The summed E-state index contributed by atoms with van der Waals surface area (Å²) in [7, 11) is 1.87. The fourth-order valence-corrected chi connectivity index (χ4v) is 2.84. The summed E-state index contributed by atoms with van der Waals surface area (Å²) in [6.45, 7) is 5.89. The number of amides is 1. The number of carbonyl (C=O) groups excluding carboxylic acids is 1. The van der Waals surface area contributed by atoms with Gasteiger partial charge in [0.15, 0.2) is 0 Å². The van der Waals surface area contributed by atoms with E-state index in [0.29, 0.717) is 0 Å². The van der Waals surface area contributed by atoms with E-state index in [1.165, 1.54) is 0 Å². The number of piperazine rings is 1. The summed E-state index contributed by atoms with van der Waals surface area (Å²) in [5, 5.41) is 3.83. The lowest BCUT2D eigenvalue weighted by atomic mass is 10.1. The summed E-state index contributed by atoms with van der Waals surface area (Å²) in [5.41, 5.74) is 1.06. The van der Waals surface area contributed by atoms with Crippen LogP contribution in [0.3, 0.4) is 0 Å². The van der Waals surface area contributed by atoms with Crippen molar-refractivity contribution in [1.82, 2.24) is 10.2 Å². The summed E-state index contributed by atoms with van der Waals surface area (Å²) in [4.78, 5) is 16.4. The van der Waals surface area contributed by atoms with Gasteiger partial charge < -0.3 is 15.1 Å². The van der Waals surface area contributed by atoms with Crippen LogP contribution in [0.5, 0.6) is 0 Å². The Morgan fingerprint density at radius 1 is 1.30 bits per heavy atom. The summed E-state index contributed by atoms with van der Waals surface area (Å²) >= 11 is 6.22. The highest BCUT2D eigenvalue weighted by Crippen LogP contribution is 2.26. The van der Waals surface area contributed by atoms with Gasteiger partial charge in [0.1, 0.15) is 0 Å². The van der Waals surface area contributed by atoms with Crippen LogP contribution in [0.15, 0.2) is 24.3 Å². The number of hydrogen-bond acceptors (Lipinski definition) is 3. The van der Waals surface area contributed by atoms with Crippen molar-refractivity contribution in [3.05, 3.63) is 29.3 Å². The number of para-hydroxylation sites is 1. The molecule has 0 saturated carbocycles. The highest BCUT2D eigenvalue weighted by atomic mass is 35.5. The maximum atomic E-state index is 12.2. The molecule has 1 saturated heterocycles. The van der Waals surface area contributed by atoms with Crippen molar-refractivity contribution in [2.75, 3.05) is 44.7 Å². The monoisotopic (exact) mass is 295 g/mol. The van der Waals surface area contributed by atoms with Crippen LogP contribution < -0.4 is 10.2 Å². The Morgan fingerprint density at radius 2 is 1.95 bits per heavy atom. The molecule has 1 amide bonds. The number of anilines is 1. The minimum atomic E-state index is 0.0341. The summed E-state index contributed by atoms with van der Waals surface area (Å²) in [5.74, 6) is 0.269. The highest BCUT2D eigenvalue weighted by molar-refractivity contribution is 6.33. The fraction of sp³-hybridized carbons (Fsp3) is 0.533. The molecule has 1 atom stereocenters. The van der Waals surface area contributed by atoms with Gasteiger partial charge in [-0.25, -0.2) is 0 Å². The molecule has 0 aliphatic carbocycles. The summed E-state index contributed by atoms with van der Waals surface area (Å²) in [6.07, 6.45) is 0. The zero-order chi connectivity index (χ0) is 14.5. The molecule has 0 bridgehead atoms. The molecule has 1 N–H and O–H groups in total. The Balaban J connectivity index is 1.93. The van der Waals surface area contributed by atoms with Gasteiger partial charge in [0.25, 0.3) is 0 Å². The SMILES string of the molecule is CNCC(C)C(=O)N1CCN(c2ccccc2Cl)CC1. The Hall–Kier alpha value is -1.26. The van der Waals surface area contributed by atoms with Gasteiger partial charge in [-0.05, 0) is 19.2 Å². The average molecular weight is 296 g/mol. The van der Waals surface area contributed by atoms with Crippen molar-refractivity contribution in [1.29, 1.82) is 0 Å². The summed E-state index contributed by atoms with van der Waals surface area (Å²) < 4.78 is 0. The molecule has 1 fully saturated rings. The molecule has 1 aliphatic rings. The molecular weight excluding hydrogens is 274 g/mol. The maximum absolute atomic E-state index is 12.2. The van der Waals surface area contributed by atoms with E-state index in [-0.39, 0.29) is 11.8 Å². The van der Waals surface area contributed by atoms with Crippen molar-refractivity contribution < 1.29 is 4.79 Å².